The van der Waals surface area contributed by atoms with Gasteiger partial charge in [-0.25, -0.2) is 4.98 Å². The van der Waals surface area contributed by atoms with Crippen LogP contribution in [0.5, 0.6) is 0 Å². The minimum Gasteiger partial charge on any atom is -0.368 e. The average molecular weight is 250 g/mol. The molecule has 0 saturated heterocycles. The van der Waals surface area contributed by atoms with Crippen molar-refractivity contribution in [1.29, 1.82) is 0 Å². The van der Waals surface area contributed by atoms with Gasteiger partial charge in [-0.05, 0) is 17.7 Å². The molecule has 0 aliphatic heterocycles. The molecule has 0 atom stereocenters. The number of nitrogens with two attached hydrogens (primary N) is 1. The van der Waals surface area contributed by atoms with Crippen molar-refractivity contribution in [3.05, 3.63) is 41.3 Å². The highest BCUT2D eigenvalue weighted by Crippen LogP contribution is 2.17. The number of hydrogen-bond donors (Lipinski definition) is 1. The smallest absolute Gasteiger partial charge is 0.223 e. The molecule has 2 aromatic rings. The summed E-state index contributed by atoms with van der Waals surface area (Å²) in [5.74, 6) is 0.869. The Kier molecular flexibility index (Phi) is 3.39. The zero-order valence-electron chi connectivity index (χ0n) is 9.34. The molecular formula is C11H12ClN5. The van der Waals surface area contributed by atoms with Crippen molar-refractivity contribution in [2.24, 2.45) is 0 Å². The van der Waals surface area contributed by atoms with Crippen LogP contribution in [0.3, 0.4) is 0 Å². The summed E-state index contributed by atoms with van der Waals surface area (Å²) in [6.45, 7) is 0.704. The summed E-state index contributed by atoms with van der Waals surface area (Å²) in [4.78, 5) is 13.9. The predicted molar refractivity (Wildman–Crippen MR) is 67.8 cm³/mol. The van der Waals surface area contributed by atoms with E-state index in [0.29, 0.717) is 17.5 Å². The van der Waals surface area contributed by atoms with Gasteiger partial charge in [0.05, 0.1) is 0 Å². The van der Waals surface area contributed by atoms with Gasteiger partial charge in [-0.3, -0.25) is 4.98 Å². The molecule has 0 fully saturated rings. The number of rotatable bonds is 3. The summed E-state index contributed by atoms with van der Waals surface area (Å²) < 4.78 is 0. The first-order valence-electron chi connectivity index (χ1n) is 5.05. The molecule has 6 heteroatoms. The maximum Gasteiger partial charge on any atom is 0.223 e. The second kappa shape index (κ2) is 4.97. The zero-order valence-corrected chi connectivity index (χ0v) is 10.1. The van der Waals surface area contributed by atoms with Gasteiger partial charge in [-0.1, -0.05) is 11.6 Å². The molecular weight excluding hydrogens is 238 g/mol. The van der Waals surface area contributed by atoms with Crippen LogP contribution in [0.1, 0.15) is 5.56 Å². The van der Waals surface area contributed by atoms with Crippen LogP contribution in [0, 0.1) is 0 Å². The van der Waals surface area contributed by atoms with E-state index in [-0.39, 0.29) is 5.95 Å². The molecule has 2 N–H and O–H groups in total. The first kappa shape index (κ1) is 11.6. The third kappa shape index (κ3) is 3.04. The lowest BCUT2D eigenvalue weighted by Crippen LogP contribution is -2.18. The molecule has 0 spiro atoms. The molecule has 88 valence electrons. The van der Waals surface area contributed by atoms with E-state index in [1.165, 1.54) is 0 Å². The average Bonchev–Trinajstić information content (AvgIpc) is 2.29. The Morgan fingerprint density at radius 3 is 2.65 bits per heavy atom. The number of nitrogens with zero attached hydrogens (tertiary/aromatic N) is 4. The van der Waals surface area contributed by atoms with Gasteiger partial charge < -0.3 is 10.6 Å². The monoisotopic (exact) mass is 249 g/mol. The third-order valence-corrected chi connectivity index (χ3v) is 2.45. The summed E-state index contributed by atoms with van der Waals surface area (Å²) in [6.07, 6.45) is 3.51. The molecule has 0 radical (unpaired) electrons. The number of nitrogen functional groups attached to an aromatic ring is 1. The minimum atomic E-state index is 0.175. The van der Waals surface area contributed by atoms with E-state index in [4.69, 9.17) is 17.3 Å². The first-order valence-corrected chi connectivity index (χ1v) is 5.43. The largest absolute Gasteiger partial charge is 0.368 e. The standard InChI is InChI=1S/C11H12ClN5/c1-17(7-8-2-4-14-5-3-8)10-6-9(12)15-11(13)16-10/h2-6H,7H2,1H3,(H2,13,15,16). The molecule has 5 nitrogen and oxygen atoms in total. The van der Waals surface area contributed by atoms with Gasteiger partial charge in [0, 0.05) is 32.1 Å². The van der Waals surface area contributed by atoms with Gasteiger partial charge >= 0.3 is 0 Å². The molecule has 0 aromatic carbocycles. The fourth-order valence-electron chi connectivity index (χ4n) is 1.46. The summed E-state index contributed by atoms with van der Waals surface area (Å²) in [5, 5.41) is 0.342. The summed E-state index contributed by atoms with van der Waals surface area (Å²) >= 11 is 5.83. The Balaban J connectivity index is 2.17. The molecule has 0 unspecified atom stereocenters. The van der Waals surface area contributed by atoms with Crippen LogP contribution in [0.2, 0.25) is 5.15 Å². The van der Waals surface area contributed by atoms with Gasteiger partial charge in [-0.15, -0.1) is 0 Å². The maximum atomic E-state index is 5.83. The van der Waals surface area contributed by atoms with Crippen LogP contribution in [0.15, 0.2) is 30.6 Å². The fraction of sp³-hybridized carbons (Fsp3) is 0.182. The lowest BCUT2D eigenvalue weighted by molar-refractivity contribution is 0.891. The molecule has 17 heavy (non-hydrogen) atoms. The third-order valence-electron chi connectivity index (χ3n) is 2.26. The van der Waals surface area contributed by atoms with E-state index < -0.39 is 0 Å². The van der Waals surface area contributed by atoms with Gasteiger partial charge in [0.1, 0.15) is 11.0 Å². The fourth-order valence-corrected chi connectivity index (χ4v) is 1.65. The van der Waals surface area contributed by atoms with Crippen molar-refractivity contribution in [1.82, 2.24) is 15.0 Å². The van der Waals surface area contributed by atoms with Crippen LogP contribution in [0.25, 0.3) is 0 Å². The van der Waals surface area contributed by atoms with E-state index in [9.17, 15) is 0 Å². The van der Waals surface area contributed by atoms with Gasteiger partial charge in [0.25, 0.3) is 0 Å². The number of pyridine rings is 1. The van der Waals surface area contributed by atoms with Crippen LogP contribution >= 0.6 is 11.6 Å². The molecule has 0 bridgehead atoms. The predicted octanol–water partition coefficient (Wildman–Crippen LogP) is 1.74. The Labute approximate surface area is 104 Å². The summed E-state index contributed by atoms with van der Waals surface area (Å²) in [5.41, 5.74) is 6.68. The van der Waals surface area contributed by atoms with Crippen molar-refractivity contribution in [2.75, 3.05) is 17.7 Å². The zero-order chi connectivity index (χ0) is 12.3. The number of hydrogen-bond acceptors (Lipinski definition) is 5. The van der Waals surface area contributed by atoms with Crippen LogP contribution in [0.4, 0.5) is 11.8 Å². The highest BCUT2D eigenvalue weighted by atomic mass is 35.5. The number of halogens is 1. The Bertz CT molecular complexity index is 482. The number of aromatic nitrogens is 3. The maximum absolute atomic E-state index is 5.83. The lowest BCUT2D eigenvalue weighted by Gasteiger charge is -2.18. The topological polar surface area (TPSA) is 67.9 Å². The molecule has 0 aliphatic carbocycles. The van der Waals surface area contributed by atoms with Crippen molar-refractivity contribution in [3.8, 4) is 0 Å². The van der Waals surface area contributed by atoms with Gasteiger partial charge in [0.15, 0.2) is 0 Å². The number of anilines is 2. The van der Waals surface area contributed by atoms with E-state index in [1.54, 1.807) is 18.5 Å². The van der Waals surface area contributed by atoms with Crippen LogP contribution in [-0.2, 0) is 6.54 Å². The normalized spacial score (nSPS) is 10.2. The van der Waals surface area contributed by atoms with Crippen molar-refractivity contribution in [3.63, 3.8) is 0 Å². The van der Waals surface area contributed by atoms with E-state index in [2.05, 4.69) is 15.0 Å². The van der Waals surface area contributed by atoms with Crippen LogP contribution < -0.4 is 10.6 Å². The van der Waals surface area contributed by atoms with Crippen molar-refractivity contribution >= 4 is 23.4 Å². The Hall–Kier alpha value is -1.88. The van der Waals surface area contributed by atoms with Gasteiger partial charge in [-0.2, -0.15) is 4.98 Å². The summed E-state index contributed by atoms with van der Waals surface area (Å²) in [6, 6.07) is 5.57. The first-order chi connectivity index (χ1) is 8.15. The quantitative estimate of drug-likeness (QED) is 0.840. The van der Waals surface area contributed by atoms with Crippen molar-refractivity contribution < 1.29 is 0 Å². The molecule has 0 aliphatic rings. The molecule has 2 heterocycles. The van der Waals surface area contributed by atoms with Crippen molar-refractivity contribution in [2.45, 2.75) is 6.54 Å². The molecule has 2 aromatic heterocycles. The highest BCUT2D eigenvalue weighted by molar-refractivity contribution is 6.29. The van der Waals surface area contributed by atoms with E-state index in [0.717, 1.165) is 5.56 Å². The van der Waals surface area contributed by atoms with E-state index >= 15 is 0 Å². The second-order valence-electron chi connectivity index (χ2n) is 3.62. The lowest BCUT2D eigenvalue weighted by atomic mass is 10.2. The molecule has 0 saturated carbocycles. The Morgan fingerprint density at radius 2 is 2.00 bits per heavy atom. The van der Waals surface area contributed by atoms with Gasteiger partial charge in [0.2, 0.25) is 5.95 Å². The van der Waals surface area contributed by atoms with E-state index in [1.807, 2.05) is 24.1 Å². The molecule has 2 rings (SSSR count). The summed E-state index contributed by atoms with van der Waals surface area (Å²) in [7, 11) is 1.92. The molecule has 0 amide bonds. The minimum absolute atomic E-state index is 0.175. The second-order valence-corrected chi connectivity index (χ2v) is 4.01. The Morgan fingerprint density at radius 1 is 1.29 bits per heavy atom. The van der Waals surface area contributed by atoms with Crippen LogP contribution in [-0.4, -0.2) is 22.0 Å². The highest BCUT2D eigenvalue weighted by Gasteiger charge is 2.06. The SMILES string of the molecule is CN(Cc1ccncc1)c1cc(Cl)nc(N)n1.